The summed E-state index contributed by atoms with van der Waals surface area (Å²) in [6, 6.07) is 0. The van der Waals surface area contributed by atoms with E-state index in [1.807, 2.05) is 0 Å². The smallest absolute Gasteiger partial charge is 0.462 e. The predicted molar refractivity (Wildman–Crippen MR) is 400 cm³/mol. The van der Waals surface area contributed by atoms with Crippen LogP contribution in [-0.2, 0) is 65.4 Å². The van der Waals surface area contributed by atoms with Gasteiger partial charge in [0.2, 0.25) is 0 Å². The Morgan fingerprint density at radius 3 is 0.724 bits per heavy atom. The molecular formula is C79H154O17P2. The van der Waals surface area contributed by atoms with Crippen molar-refractivity contribution in [3.05, 3.63) is 0 Å². The third kappa shape index (κ3) is 71.1. The summed E-state index contributed by atoms with van der Waals surface area (Å²) in [5, 5.41) is 10.6. The quantitative estimate of drug-likeness (QED) is 0.0222. The van der Waals surface area contributed by atoms with E-state index < -0.39 is 97.5 Å². The van der Waals surface area contributed by atoms with E-state index in [1.54, 1.807) is 0 Å². The predicted octanol–water partition coefficient (Wildman–Crippen LogP) is 23.2. The van der Waals surface area contributed by atoms with Crippen molar-refractivity contribution in [2.24, 2.45) is 23.7 Å². The van der Waals surface area contributed by atoms with E-state index in [-0.39, 0.29) is 25.7 Å². The molecule has 0 bridgehead atoms. The SMILES string of the molecule is CCC(C)CCCCCCCCCCCCCCCCC(=O)O[C@H](COC(=O)CCCCCCCCCCC(C)C)COP(=O)(O)OCC(O)COP(=O)(O)OC[C@@H](COC(=O)CCCCCCCCCC(C)C)OC(=O)CCCCCCCCCCCCCCCCCCC(C)C. The molecule has 0 aliphatic rings. The Balaban J connectivity index is 5.21. The zero-order valence-corrected chi connectivity index (χ0v) is 66.2. The lowest BCUT2D eigenvalue weighted by atomic mass is 9.99. The molecule has 17 nitrogen and oxygen atoms in total. The van der Waals surface area contributed by atoms with Gasteiger partial charge in [0.25, 0.3) is 0 Å². The normalized spacial score (nSPS) is 14.3. The summed E-state index contributed by atoms with van der Waals surface area (Å²) in [7, 11) is -9.92. The van der Waals surface area contributed by atoms with Gasteiger partial charge in [0.05, 0.1) is 26.4 Å². The number of esters is 4. The lowest BCUT2D eigenvalue weighted by molar-refractivity contribution is -0.161. The van der Waals surface area contributed by atoms with Gasteiger partial charge in [0.1, 0.15) is 19.3 Å². The van der Waals surface area contributed by atoms with Gasteiger partial charge >= 0.3 is 39.5 Å². The fourth-order valence-corrected chi connectivity index (χ4v) is 13.6. The molecule has 6 atom stereocenters. The molecule has 0 rings (SSSR count). The van der Waals surface area contributed by atoms with Crippen molar-refractivity contribution in [2.45, 2.75) is 420 Å². The van der Waals surface area contributed by atoms with Crippen molar-refractivity contribution in [3.8, 4) is 0 Å². The highest BCUT2D eigenvalue weighted by molar-refractivity contribution is 7.47. The van der Waals surface area contributed by atoms with Gasteiger partial charge in [-0.15, -0.1) is 0 Å². The highest BCUT2D eigenvalue weighted by atomic mass is 31.2. The summed E-state index contributed by atoms with van der Waals surface area (Å²) in [6.45, 7) is 14.2. The molecule has 0 aromatic rings. The fourth-order valence-electron chi connectivity index (χ4n) is 12.0. The Labute approximate surface area is 600 Å². The van der Waals surface area contributed by atoms with Crippen molar-refractivity contribution < 1.29 is 80.2 Å². The van der Waals surface area contributed by atoms with Crippen LogP contribution in [0.1, 0.15) is 402 Å². The molecule has 19 heteroatoms. The molecule has 0 fully saturated rings. The van der Waals surface area contributed by atoms with E-state index in [9.17, 15) is 43.2 Å². The Bertz CT molecular complexity index is 1920. The molecule has 3 N–H and O–H groups in total. The maximum Gasteiger partial charge on any atom is 0.472 e. The molecule has 4 unspecified atom stereocenters. The Hall–Kier alpha value is -1.94. The Morgan fingerprint density at radius 2 is 0.490 bits per heavy atom. The number of phosphoric ester groups is 2. The molecule has 0 aromatic heterocycles. The number of ether oxygens (including phenoxy) is 4. The summed E-state index contributed by atoms with van der Waals surface area (Å²) < 4.78 is 68.6. The highest BCUT2D eigenvalue weighted by Crippen LogP contribution is 2.45. The van der Waals surface area contributed by atoms with Gasteiger partial charge in [-0.3, -0.25) is 37.3 Å². The van der Waals surface area contributed by atoms with Crippen molar-refractivity contribution in [2.75, 3.05) is 39.6 Å². The first-order valence-corrected chi connectivity index (χ1v) is 43.7. The lowest BCUT2D eigenvalue weighted by Gasteiger charge is -2.21. The van der Waals surface area contributed by atoms with Crippen molar-refractivity contribution in [1.29, 1.82) is 0 Å². The van der Waals surface area contributed by atoms with Crippen LogP contribution in [0.2, 0.25) is 0 Å². The largest absolute Gasteiger partial charge is 0.472 e. The first-order chi connectivity index (χ1) is 47.1. The second-order valence-electron chi connectivity index (χ2n) is 30.1. The average Bonchev–Trinajstić information content (AvgIpc) is 0.995. The average molecular weight is 1440 g/mol. The summed E-state index contributed by atoms with van der Waals surface area (Å²) in [5.41, 5.74) is 0. The molecule has 0 amide bonds. The van der Waals surface area contributed by atoms with Crippen LogP contribution in [0.25, 0.3) is 0 Å². The third-order valence-electron chi connectivity index (χ3n) is 18.7. The maximum atomic E-state index is 13.1. The summed E-state index contributed by atoms with van der Waals surface area (Å²) in [4.78, 5) is 72.9. The second kappa shape index (κ2) is 68.2. The number of rotatable bonds is 76. The van der Waals surface area contributed by atoms with Crippen molar-refractivity contribution in [3.63, 3.8) is 0 Å². The molecule has 582 valence electrons. The van der Waals surface area contributed by atoms with Gasteiger partial charge in [-0.05, 0) is 49.4 Å². The van der Waals surface area contributed by atoms with Gasteiger partial charge in [0.15, 0.2) is 12.2 Å². The maximum absolute atomic E-state index is 13.1. The zero-order valence-electron chi connectivity index (χ0n) is 64.4. The third-order valence-corrected chi connectivity index (χ3v) is 20.6. The van der Waals surface area contributed by atoms with E-state index in [2.05, 4.69) is 55.4 Å². The van der Waals surface area contributed by atoms with Crippen LogP contribution in [0.5, 0.6) is 0 Å². The van der Waals surface area contributed by atoms with E-state index in [1.165, 1.54) is 199 Å². The van der Waals surface area contributed by atoms with Crippen LogP contribution in [0.3, 0.4) is 0 Å². The number of aliphatic hydroxyl groups is 1. The molecule has 98 heavy (non-hydrogen) atoms. The number of aliphatic hydroxyl groups excluding tert-OH is 1. The molecule has 0 aromatic carbocycles. The number of hydrogen-bond acceptors (Lipinski definition) is 15. The van der Waals surface area contributed by atoms with Gasteiger partial charge in [-0.2, -0.15) is 0 Å². The van der Waals surface area contributed by atoms with Crippen molar-refractivity contribution in [1.82, 2.24) is 0 Å². The molecule has 0 saturated heterocycles. The minimum absolute atomic E-state index is 0.107. The summed E-state index contributed by atoms with van der Waals surface area (Å²) >= 11 is 0. The van der Waals surface area contributed by atoms with Gasteiger partial charge < -0.3 is 33.8 Å². The molecule has 0 radical (unpaired) electrons. The first-order valence-electron chi connectivity index (χ1n) is 40.7. The van der Waals surface area contributed by atoms with Gasteiger partial charge in [0, 0.05) is 25.7 Å². The Morgan fingerprint density at radius 1 is 0.286 bits per heavy atom. The van der Waals surface area contributed by atoms with Crippen LogP contribution in [0.15, 0.2) is 0 Å². The minimum atomic E-state index is -4.96. The molecule has 0 aliphatic carbocycles. The van der Waals surface area contributed by atoms with Crippen LogP contribution in [0.4, 0.5) is 0 Å². The summed E-state index contributed by atoms with van der Waals surface area (Å²) in [6.07, 6.45) is 54.2. The number of unbranched alkanes of at least 4 members (excludes halogenated alkanes) is 41. The number of phosphoric acid groups is 2. The standard InChI is InChI=1S/C79H154O17P2/c1-9-72(8)58-50-42-34-25-21-17-14-15-19-23-27-37-46-54-62-78(83)95-74(65-89-76(81)59-51-43-35-29-28-32-40-48-56-70(4)5)67-93-97(85,86)91-63-73(80)64-92-98(87,88)94-68-75(66-90-77(82)60-52-44-38-30-33-41-49-57-71(6)7)96-79(84)61-53-45-36-26-22-18-13-11-10-12-16-20-24-31-39-47-55-69(2)3/h69-75,80H,9-68H2,1-8H3,(H,85,86)(H,87,88)/t72?,73?,74-,75-/m1/s1. The molecule has 0 spiro atoms. The van der Waals surface area contributed by atoms with Crippen molar-refractivity contribution >= 4 is 39.5 Å². The second-order valence-corrected chi connectivity index (χ2v) is 33.0. The monoisotopic (exact) mass is 1440 g/mol. The fraction of sp³-hybridized carbons (Fsp3) is 0.949. The minimum Gasteiger partial charge on any atom is -0.462 e. The molecule has 0 aliphatic heterocycles. The van der Waals surface area contributed by atoms with Gasteiger partial charge in [-0.25, -0.2) is 9.13 Å². The first kappa shape index (κ1) is 96.1. The zero-order chi connectivity index (χ0) is 72.4. The summed E-state index contributed by atoms with van der Waals surface area (Å²) in [5.74, 6) is 0.968. The van der Waals surface area contributed by atoms with E-state index in [4.69, 9.17) is 37.0 Å². The molecule has 0 saturated carbocycles. The molecular weight excluding hydrogens is 1280 g/mol. The van der Waals surface area contributed by atoms with E-state index in [0.717, 1.165) is 114 Å². The van der Waals surface area contributed by atoms with Crippen LogP contribution in [-0.4, -0.2) is 96.7 Å². The Kier molecular flexibility index (Phi) is 66.8. The van der Waals surface area contributed by atoms with Crippen LogP contribution in [0, 0.1) is 23.7 Å². The topological polar surface area (TPSA) is 237 Å². The molecule has 0 heterocycles. The lowest BCUT2D eigenvalue weighted by Crippen LogP contribution is -2.30. The van der Waals surface area contributed by atoms with E-state index >= 15 is 0 Å². The van der Waals surface area contributed by atoms with Crippen LogP contribution < -0.4 is 0 Å². The van der Waals surface area contributed by atoms with Crippen LogP contribution >= 0.6 is 15.6 Å². The van der Waals surface area contributed by atoms with E-state index in [0.29, 0.717) is 31.6 Å². The highest BCUT2D eigenvalue weighted by Gasteiger charge is 2.30. The number of carbonyl (C=O) groups excluding carboxylic acids is 4. The number of carbonyl (C=O) groups is 4. The number of hydrogen-bond donors (Lipinski definition) is 3. The van der Waals surface area contributed by atoms with Gasteiger partial charge in [-0.1, -0.05) is 351 Å².